The molecule has 0 spiro atoms. The first kappa shape index (κ1) is 14.9. The predicted molar refractivity (Wildman–Crippen MR) is 57.5 cm³/mol. The molecular weight excluding hydrogens is 164 g/mol. The van der Waals surface area contributed by atoms with Crippen molar-refractivity contribution in [1.29, 1.82) is 0 Å². The van der Waals surface area contributed by atoms with Crippen molar-refractivity contribution in [1.82, 2.24) is 5.32 Å². The van der Waals surface area contributed by atoms with Crippen LogP contribution >= 0.6 is 0 Å². The van der Waals surface area contributed by atoms with Crippen LogP contribution < -0.4 is 11.1 Å². The van der Waals surface area contributed by atoms with Crippen molar-refractivity contribution in [2.45, 2.75) is 53.0 Å². The van der Waals surface area contributed by atoms with E-state index in [0.717, 1.165) is 13.0 Å². The van der Waals surface area contributed by atoms with Crippen molar-refractivity contribution < 1.29 is 4.79 Å². The quantitative estimate of drug-likeness (QED) is 0.645. The first-order valence-electron chi connectivity index (χ1n) is 5.21. The number of nitrogens with one attached hydrogen (secondary N) is 1. The molecule has 0 rings (SSSR count). The van der Waals surface area contributed by atoms with Crippen LogP contribution in [0.1, 0.15) is 47.0 Å². The highest BCUT2D eigenvalue weighted by Gasteiger charge is 2.04. The molecule has 0 heterocycles. The maximum atomic E-state index is 10.9. The van der Waals surface area contributed by atoms with Crippen molar-refractivity contribution in [2.75, 3.05) is 6.54 Å². The van der Waals surface area contributed by atoms with Crippen LogP contribution in [0.15, 0.2) is 0 Å². The number of hydrogen-bond acceptors (Lipinski definition) is 2. The molecule has 0 aliphatic rings. The Labute approximate surface area is 82.1 Å². The molecule has 0 saturated carbocycles. The van der Waals surface area contributed by atoms with Crippen LogP contribution in [0.3, 0.4) is 0 Å². The lowest BCUT2D eigenvalue weighted by Crippen LogP contribution is -2.38. The zero-order chi connectivity index (χ0) is 10.7. The molecule has 1 amide bonds. The Morgan fingerprint density at radius 2 is 1.92 bits per heavy atom. The Morgan fingerprint density at radius 1 is 1.38 bits per heavy atom. The summed E-state index contributed by atoms with van der Waals surface area (Å²) in [4.78, 5) is 10.9. The van der Waals surface area contributed by atoms with Gasteiger partial charge in [0.05, 0.1) is 6.04 Å². The van der Waals surface area contributed by atoms with E-state index in [4.69, 9.17) is 5.73 Å². The minimum absolute atomic E-state index is 0.0545. The Kier molecular flexibility index (Phi) is 13.1. The molecule has 0 unspecified atom stereocenters. The predicted octanol–water partition coefficient (Wildman–Crippen LogP) is 1.67. The lowest BCUT2D eigenvalue weighted by molar-refractivity contribution is -0.121. The van der Waals surface area contributed by atoms with Gasteiger partial charge in [-0.3, -0.25) is 4.79 Å². The van der Waals surface area contributed by atoms with E-state index in [0.29, 0.717) is 0 Å². The molecule has 3 heteroatoms. The second-order valence-corrected chi connectivity index (χ2v) is 2.79. The van der Waals surface area contributed by atoms with Crippen molar-refractivity contribution >= 4 is 5.91 Å². The van der Waals surface area contributed by atoms with E-state index >= 15 is 0 Å². The van der Waals surface area contributed by atoms with Gasteiger partial charge in [-0.2, -0.15) is 0 Å². The summed E-state index contributed by atoms with van der Waals surface area (Å²) in [6.45, 7) is 8.58. The number of carbonyl (C=O) groups is 1. The third-order valence-corrected chi connectivity index (χ3v) is 1.49. The molecule has 0 aromatic rings. The Bertz CT molecular complexity index is 113. The molecule has 80 valence electrons. The van der Waals surface area contributed by atoms with Gasteiger partial charge in [0.15, 0.2) is 0 Å². The molecular formula is C10H24N2O. The number of amides is 1. The molecule has 3 nitrogen and oxygen atoms in total. The average Bonchev–Trinajstić information content (AvgIpc) is 2.15. The van der Waals surface area contributed by atoms with Crippen molar-refractivity contribution in [3.05, 3.63) is 0 Å². The Morgan fingerprint density at radius 3 is 2.31 bits per heavy atom. The van der Waals surface area contributed by atoms with Gasteiger partial charge in [-0.1, -0.05) is 33.6 Å². The van der Waals surface area contributed by atoms with Crippen LogP contribution in [0.5, 0.6) is 0 Å². The molecule has 3 N–H and O–H groups in total. The standard InChI is InChI=1S/C8H18N2O.C2H6/c1-3-4-5-6-10-8(11)7(2)9;1-2/h7H,3-6,9H2,1-2H3,(H,10,11);1-2H3/t7-;/m0./s1. The number of carbonyl (C=O) groups excluding carboxylic acids is 1. The molecule has 13 heavy (non-hydrogen) atoms. The normalized spacial score (nSPS) is 11.2. The number of nitrogens with two attached hydrogens (primary N) is 1. The van der Waals surface area contributed by atoms with E-state index in [1.165, 1.54) is 12.8 Å². The van der Waals surface area contributed by atoms with Gasteiger partial charge in [0, 0.05) is 6.54 Å². The fraction of sp³-hybridized carbons (Fsp3) is 0.900. The highest BCUT2D eigenvalue weighted by atomic mass is 16.2. The molecule has 1 atom stereocenters. The second kappa shape index (κ2) is 11.4. The molecule has 0 saturated heterocycles. The lowest BCUT2D eigenvalue weighted by atomic mass is 10.2. The smallest absolute Gasteiger partial charge is 0.236 e. The largest absolute Gasteiger partial charge is 0.355 e. The number of hydrogen-bond donors (Lipinski definition) is 2. The maximum Gasteiger partial charge on any atom is 0.236 e. The maximum absolute atomic E-state index is 10.9. The van der Waals surface area contributed by atoms with Crippen molar-refractivity contribution in [2.24, 2.45) is 5.73 Å². The minimum atomic E-state index is -0.378. The topological polar surface area (TPSA) is 55.1 Å². The third kappa shape index (κ3) is 11.4. The van der Waals surface area contributed by atoms with Crippen molar-refractivity contribution in [3.8, 4) is 0 Å². The molecule has 0 aliphatic heterocycles. The van der Waals surface area contributed by atoms with Crippen LogP contribution in [0, 0.1) is 0 Å². The van der Waals surface area contributed by atoms with Gasteiger partial charge < -0.3 is 11.1 Å². The SMILES string of the molecule is CC.CCCCCNC(=O)[C@H](C)N. The molecule has 0 aromatic carbocycles. The van der Waals surface area contributed by atoms with Crippen LogP contribution in [0.4, 0.5) is 0 Å². The molecule has 0 radical (unpaired) electrons. The molecule has 0 bridgehead atoms. The van der Waals surface area contributed by atoms with Gasteiger partial charge >= 0.3 is 0 Å². The Hall–Kier alpha value is -0.570. The van der Waals surface area contributed by atoms with E-state index < -0.39 is 0 Å². The van der Waals surface area contributed by atoms with Crippen LogP contribution in [-0.2, 0) is 4.79 Å². The van der Waals surface area contributed by atoms with Gasteiger partial charge in [-0.15, -0.1) is 0 Å². The summed E-state index contributed by atoms with van der Waals surface area (Å²) in [6, 6.07) is -0.378. The van der Waals surface area contributed by atoms with Crippen molar-refractivity contribution in [3.63, 3.8) is 0 Å². The molecule has 0 fully saturated rings. The van der Waals surface area contributed by atoms with Gasteiger partial charge in [0.2, 0.25) is 5.91 Å². The van der Waals surface area contributed by atoms with Crippen LogP contribution in [0.25, 0.3) is 0 Å². The zero-order valence-electron chi connectivity index (χ0n) is 9.39. The van der Waals surface area contributed by atoms with Gasteiger partial charge in [-0.05, 0) is 13.3 Å². The van der Waals surface area contributed by atoms with E-state index in [9.17, 15) is 4.79 Å². The monoisotopic (exact) mass is 188 g/mol. The van der Waals surface area contributed by atoms with Crippen LogP contribution in [-0.4, -0.2) is 18.5 Å². The highest BCUT2D eigenvalue weighted by molar-refractivity contribution is 5.80. The fourth-order valence-electron chi connectivity index (χ4n) is 0.748. The summed E-state index contributed by atoms with van der Waals surface area (Å²) in [5, 5.41) is 2.75. The first-order chi connectivity index (χ1) is 6.18. The van der Waals surface area contributed by atoms with Crippen LogP contribution in [0.2, 0.25) is 0 Å². The van der Waals surface area contributed by atoms with Gasteiger partial charge in [0.1, 0.15) is 0 Å². The average molecular weight is 188 g/mol. The van der Waals surface area contributed by atoms with E-state index in [1.54, 1.807) is 6.92 Å². The highest BCUT2D eigenvalue weighted by Crippen LogP contribution is 1.90. The first-order valence-corrected chi connectivity index (χ1v) is 5.21. The summed E-state index contributed by atoms with van der Waals surface area (Å²) in [5.74, 6) is -0.0545. The van der Waals surface area contributed by atoms with E-state index in [1.807, 2.05) is 13.8 Å². The number of unbranched alkanes of at least 4 members (excludes halogenated alkanes) is 2. The summed E-state index contributed by atoms with van der Waals surface area (Å²) in [6.07, 6.45) is 3.39. The minimum Gasteiger partial charge on any atom is -0.355 e. The van der Waals surface area contributed by atoms with E-state index in [2.05, 4.69) is 12.2 Å². The summed E-state index contributed by atoms with van der Waals surface area (Å²) in [5.41, 5.74) is 5.34. The van der Waals surface area contributed by atoms with Gasteiger partial charge in [-0.25, -0.2) is 0 Å². The summed E-state index contributed by atoms with van der Waals surface area (Å²) < 4.78 is 0. The summed E-state index contributed by atoms with van der Waals surface area (Å²) in [7, 11) is 0. The van der Waals surface area contributed by atoms with E-state index in [-0.39, 0.29) is 11.9 Å². The summed E-state index contributed by atoms with van der Waals surface area (Å²) >= 11 is 0. The zero-order valence-corrected chi connectivity index (χ0v) is 9.39. The third-order valence-electron chi connectivity index (χ3n) is 1.49. The molecule has 0 aromatic heterocycles. The second-order valence-electron chi connectivity index (χ2n) is 2.79. The molecule has 0 aliphatic carbocycles. The lowest BCUT2D eigenvalue weighted by Gasteiger charge is -2.06. The number of rotatable bonds is 5. The van der Waals surface area contributed by atoms with Gasteiger partial charge in [0.25, 0.3) is 0 Å². The fourth-order valence-corrected chi connectivity index (χ4v) is 0.748. The Balaban J connectivity index is 0.